The summed E-state index contributed by atoms with van der Waals surface area (Å²) in [6.45, 7) is 4.35. The lowest BCUT2D eigenvalue weighted by molar-refractivity contribution is -0.135. The molecule has 0 fully saturated rings. The fourth-order valence-electron chi connectivity index (χ4n) is 0.553. The van der Waals surface area contributed by atoms with Crippen LogP contribution in [0.3, 0.4) is 0 Å². The van der Waals surface area contributed by atoms with Crippen molar-refractivity contribution in [3.05, 3.63) is 11.6 Å². The monoisotopic (exact) mass is 155 g/mol. The maximum atomic E-state index is 10.9. The third-order valence-electron chi connectivity index (χ3n) is 1.15. The molecule has 0 rings (SSSR count). The van der Waals surface area contributed by atoms with Crippen molar-refractivity contribution in [3.63, 3.8) is 0 Å². The van der Waals surface area contributed by atoms with Gasteiger partial charge in [-0.15, -0.1) is 0 Å². The second kappa shape index (κ2) is 5.65. The molecule has 0 bridgehead atoms. The quantitative estimate of drug-likeness (QED) is 0.349. The number of carbonyl (C=O) groups is 1. The smallest absolute Gasteiger partial charge is 0.339 e. The van der Waals surface area contributed by atoms with Gasteiger partial charge in [0.05, 0.1) is 12.7 Å². The zero-order valence-electron chi connectivity index (χ0n) is 7.13. The van der Waals surface area contributed by atoms with Crippen molar-refractivity contribution in [3.8, 4) is 0 Å². The summed E-state index contributed by atoms with van der Waals surface area (Å²) in [5, 5.41) is 0. The average molecular weight is 155 g/mol. The lowest BCUT2D eigenvalue weighted by Gasteiger charge is -1.96. The molecule has 0 unspecified atom stereocenters. The van der Waals surface area contributed by atoms with Crippen molar-refractivity contribution in [2.24, 2.45) is 4.99 Å². The summed E-state index contributed by atoms with van der Waals surface area (Å²) in [5.41, 5.74) is 0.495. The second-order valence-corrected chi connectivity index (χ2v) is 1.86. The minimum Gasteiger partial charge on any atom is -0.465 e. The first kappa shape index (κ1) is 9.88. The van der Waals surface area contributed by atoms with Crippen LogP contribution in [-0.4, -0.2) is 25.8 Å². The first-order valence-corrected chi connectivity index (χ1v) is 3.50. The van der Waals surface area contributed by atoms with Gasteiger partial charge in [0, 0.05) is 12.8 Å². The van der Waals surface area contributed by atoms with Gasteiger partial charge < -0.3 is 4.74 Å². The molecule has 0 saturated carbocycles. The molecular formula is C8H13NO2. The SMILES string of the molecule is C/C=C(\C=N/CC)C(=O)OC. The lowest BCUT2D eigenvalue weighted by atomic mass is 10.3. The molecule has 0 aliphatic rings. The van der Waals surface area contributed by atoms with Crippen molar-refractivity contribution in [1.29, 1.82) is 0 Å². The summed E-state index contributed by atoms with van der Waals surface area (Å²) in [6.07, 6.45) is 3.19. The summed E-state index contributed by atoms with van der Waals surface area (Å²) in [7, 11) is 1.35. The molecule has 3 nitrogen and oxygen atoms in total. The number of methoxy groups -OCH3 is 1. The molecule has 11 heavy (non-hydrogen) atoms. The molecule has 0 aromatic rings. The first-order chi connectivity index (χ1) is 5.26. The van der Waals surface area contributed by atoms with Crippen LogP contribution >= 0.6 is 0 Å². The van der Waals surface area contributed by atoms with Gasteiger partial charge in [-0.1, -0.05) is 6.08 Å². The van der Waals surface area contributed by atoms with Crippen LogP contribution in [-0.2, 0) is 9.53 Å². The Labute approximate surface area is 66.8 Å². The molecule has 0 radical (unpaired) electrons. The van der Waals surface area contributed by atoms with E-state index < -0.39 is 0 Å². The van der Waals surface area contributed by atoms with Crippen LogP contribution < -0.4 is 0 Å². The van der Waals surface area contributed by atoms with Gasteiger partial charge in [-0.25, -0.2) is 4.79 Å². The molecule has 0 N–H and O–H groups in total. The Balaban J connectivity index is 4.19. The van der Waals surface area contributed by atoms with E-state index in [4.69, 9.17) is 0 Å². The number of hydrogen-bond acceptors (Lipinski definition) is 3. The maximum Gasteiger partial charge on any atom is 0.339 e. The minimum atomic E-state index is -0.343. The number of aliphatic imine (C=N–C) groups is 1. The summed E-state index contributed by atoms with van der Waals surface area (Å²) >= 11 is 0. The van der Waals surface area contributed by atoms with Crippen LogP contribution in [0.2, 0.25) is 0 Å². The molecular weight excluding hydrogens is 142 g/mol. The molecule has 62 valence electrons. The predicted octanol–water partition coefficient (Wildman–Crippen LogP) is 1.20. The van der Waals surface area contributed by atoms with Gasteiger partial charge in [-0.2, -0.15) is 0 Å². The third kappa shape index (κ3) is 3.55. The largest absolute Gasteiger partial charge is 0.465 e. The normalized spacial score (nSPS) is 12.1. The van der Waals surface area contributed by atoms with Crippen LogP contribution in [0.15, 0.2) is 16.6 Å². The van der Waals surface area contributed by atoms with Crippen LogP contribution in [0.25, 0.3) is 0 Å². The maximum absolute atomic E-state index is 10.9. The topological polar surface area (TPSA) is 38.7 Å². The van der Waals surface area contributed by atoms with Gasteiger partial charge in [0.2, 0.25) is 0 Å². The van der Waals surface area contributed by atoms with E-state index in [1.54, 1.807) is 13.0 Å². The molecule has 0 amide bonds. The van der Waals surface area contributed by atoms with E-state index in [1.807, 2.05) is 6.92 Å². The molecule has 0 spiro atoms. The molecule has 3 heteroatoms. The van der Waals surface area contributed by atoms with Crippen molar-refractivity contribution in [2.75, 3.05) is 13.7 Å². The van der Waals surface area contributed by atoms with Gasteiger partial charge in [0.1, 0.15) is 0 Å². The number of hydrogen-bond donors (Lipinski definition) is 0. The van der Waals surface area contributed by atoms with Crippen LogP contribution in [0.1, 0.15) is 13.8 Å². The molecule has 0 atom stereocenters. The van der Waals surface area contributed by atoms with E-state index in [0.717, 1.165) is 0 Å². The number of nitrogens with zero attached hydrogens (tertiary/aromatic N) is 1. The molecule has 0 saturated heterocycles. The molecule has 0 aromatic heterocycles. The Morgan fingerprint density at radius 2 is 2.27 bits per heavy atom. The highest BCUT2D eigenvalue weighted by atomic mass is 16.5. The average Bonchev–Trinajstić information content (AvgIpc) is 2.05. The van der Waals surface area contributed by atoms with Gasteiger partial charge in [-0.3, -0.25) is 4.99 Å². The first-order valence-electron chi connectivity index (χ1n) is 3.50. The summed E-state index contributed by atoms with van der Waals surface area (Å²) < 4.78 is 4.50. The Hall–Kier alpha value is -1.12. The van der Waals surface area contributed by atoms with Gasteiger partial charge >= 0.3 is 5.97 Å². The highest BCUT2D eigenvalue weighted by Crippen LogP contribution is 1.92. The van der Waals surface area contributed by atoms with Gasteiger partial charge in [-0.05, 0) is 13.8 Å². The second-order valence-electron chi connectivity index (χ2n) is 1.86. The molecule has 0 heterocycles. The van der Waals surface area contributed by atoms with E-state index in [-0.39, 0.29) is 5.97 Å². The van der Waals surface area contributed by atoms with Crippen molar-refractivity contribution >= 4 is 12.2 Å². The molecule has 0 aliphatic heterocycles. The van der Waals surface area contributed by atoms with E-state index >= 15 is 0 Å². The number of allylic oxidation sites excluding steroid dienone is 1. The Morgan fingerprint density at radius 1 is 1.64 bits per heavy atom. The molecule has 0 aromatic carbocycles. The Bertz CT molecular complexity index is 183. The van der Waals surface area contributed by atoms with Crippen molar-refractivity contribution in [2.45, 2.75) is 13.8 Å². The molecule has 0 aliphatic carbocycles. The lowest BCUT2D eigenvalue weighted by Crippen LogP contribution is -2.05. The van der Waals surface area contributed by atoms with E-state index in [9.17, 15) is 4.79 Å². The summed E-state index contributed by atoms with van der Waals surface area (Å²) in [4.78, 5) is 14.8. The number of esters is 1. The van der Waals surface area contributed by atoms with Gasteiger partial charge in [0.25, 0.3) is 0 Å². The third-order valence-corrected chi connectivity index (χ3v) is 1.15. The summed E-state index contributed by atoms with van der Waals surface area (Å²) in [6, 6.07) is 0. The summed E-state index contributed by atoms with van der Waals surface area (Å²) in [5.74, 6) is -0.343. The highest BCUT2D eigenvalue weighted by Gasteiger charge is 2.03. The van der Waals surface area contributed by atoms with E-state index in [2.05, 4.69) is 9.73 Å². The standard InChI is InChI=1S/C8H13NO2/c1-4-7(6-9-5-2)8(10)11-3/h4,6H,5H2,1-3H3/b7-4+,9-6-. The van der Waals surface area contributed by atoms with Gasteiger partial charge in [0.15, 0.2) is 0 Å². The van der Waals surface area contributed by atoms with E-state index in [0.29, 0.717) is 12.1 Å². The fraction of sp³-hybridized carbons (Fsp3) is 0.500. The predicted molar refractivity (Wildman–Crippen MR) is 44.8 cm³/mol. The highest BCUT2D eigenvalue weighted by molar-refractivity contribution is 6.09. The minimum absolute atomic E-state index is 0.343. The fourth-order valence-corrected chi connectivity index (χ4v) is 0.553. The van der Waals surface area contributed by atoms with Crippen LogP contribution in [0.5, 0.6) is 0 Å². The number of carbonyl (C=O) groups excluding carboxylic acids is 1. The Kier molecular flexibility index (Phi) is 5.07. The van der Waals surface area contributed by atoms with E-state index in [1.165, 1.54) is 13.3 Å². The zero-order chi connectivity index (χ0) is 8.69. The van der Waals surface area contributed by atoms with Crippen LogP contribution in [0, 0.1) is 0 Å². The van der Waals surface area contributed by atoms with Crippen molar-refractivity contribution in [1.82, 2.24) is 0 Å². The van der Waals surface area contributed by atoms with Crippen molar-refractivity contribution < 1.29 is 9.53 Å². The van der Waals surface area contributed by atoms with Crippen LogP contribution in [0.4, 0.5) is 0 Å². The number of rotatable bonds is 3. The zero-order valence-corrected chi connectivity index (χ0v) is 7.13. The number of ether oxygens (including phenoxy) is 1. The Morgan fingerprint density at radius 3 is 2.64 bits per heavy atom.